The van der Waals surface area contributed by atoms with E-state index < -0.39 is 29.7 Å². The van der Waals surface area contributed by atoms with Gasteiger partial charge in [-0.05, 0) is 13.3 Å². The summed E-state index contributed by atoms with van der Waals surface area (Å²) in [7, 11) is 0. The first-order valence-corrected chi connectivity index (χ1v) is 7.24. The van der Waals surface area contributed by atoms with Crippen LogP contribution in [0.15, 0.2) is 15.8 Å². The van der Waals surface area contributed by atoms with Crippen LogP contribution in [0.4, 0.5) is 0 Å². The van der Waals surface area contributed by atoms with Gasteiger partial charge in [0.25, 0.3) is 5.56 Å². The summed E-state index contributed by atoms with van der Waals surface area (Å²) in [6, 6.07) is 0. The molecule has 22 heavy (non-hydrogen) atoms. The van der Waals surface area contributed by atoms with Crippen molar-refractivity contribution in [1.82, 2.24) is 9.55 Å². The average Bonchev–Trinajstić information content (AvgIpc) is 2.85. The zero-order chi connectivity index (χ0) is 16.3. The molecule has 1 aromatic rings. The zero-order valence-corrected chi connectivity index (χ0v) is 12.6. The first-order chi connectivity index (χ1) is 10.5. The van der Waals surface area contributed by atoms with E-state index in [0.29, 0.717) is 12.0 Å². The van der Waals surface area contributed by atoms with Crippen molar-refractivity contribution >= 4 is 5.97 Å². The van der Waals surface area contributed by atoms with E-state index in [4.69, 9.17) is 9.47 Å². The molecule has 0 aliphatic carbocycles. The second-order valence-corrected chi connectivity index (χ2v) is 5.30. The Morgan fingerprint density at radius 1 is 1.55 bits per heavy atom. The monoisotopic (exact) mass is 312 g/mol. The molecule has 0 amide bonds. The summed E-state index contributed by atoms with van der Waals surface area (Å²) in [4.78, 5) is 37.0. The van der Waals surface area contributed by atoms with E-state index in [0.717, 1.165) is 0 Å². The lowest BCUT2D eigenvalue weighted by atomic mass is 10.2. The maximum Gasteiger partial charge on any atom is 0.330 e. The van der Waals surface area contributed by atoms with E-state index in [2.05, 4.69) is 4.98 Å². The molecule has 0 saturated carbocycles. The lowest BCUT2D eigenvalue weighted by Crippen LogP contribution is -2.33. The lowest BCUT2D eigenvalue weighted by Gasteiger charge is -2.16. The summed E-state index contributed by atoms with van der Waals surface area (Å²) < 4.78 is 12.1. The van der Waals surface area contributed by atoms with Crippen LogP contribution in [0.2, 0.25) is 0 Å². The molecule has 2 rings (SSSR count). The minimum atomic E-state index is -0.695. The summed E-state index contributed by atoms with van der Waals surface area (Å²) in [6.07, 6.45) is 0.593. The van der Waals surface area contributed by atoms with Crippen molar-refractivity contribution in [3.05, 3.63) is 32.6 Å². The number of rotatable bonds is 5. The number of nitrogens with zero attached hydrogens (tertiary/aromatic N) is 1. The second-order valence-electron chi connectivity index (χ2n) is 5.30. The minimum absolute atomic E-state index is 0.242. The highest BCUT2D eigenvalue weighted by molar-refractivity contribution is 5.69. The van der Waals surface area contributed by atoms with Crippen molar-refractivity contribution < 1.29 is 19.4 Å². The fourth-order valence-corrected chi connectivity index (χ4v) is 2.39. The molecule has 0 spiro atoms. The Morgan fingerprint density at radius 3 is 2.91 bits per heavy atom. The van der Waals surface area contributed by atoms with Gasteiger partial charge in [-0.1, -0.05) is 6.92 Å². The predicted octanol–water partition coefficient (Wildman–Crippen LogP) is -0.163. The molecule has 2 heterocycles. The van der Waals surface area contributed by atoms with Crippen LogP contribution < -0.4 is 11.2 Å². The normalized spacial score (nSPS) is 24.4. The standard InChI is InChI=1S/C14H20N2O6/c1-3-4-12(18)22-9-5-11(21-10(9)7-17)16-6-8(2)13(19)15-14(16)20/h6,9-11,17H,3-5,7H2,1-2H3,(H,15,19,20)/t9-,10+,11-/m0/s1. The van der Waals surface area contributed by atoms with Gasteiger partial charge >= 0.3 is 11.7 Å². The van der Waals surface area contributed by atoms with Gasteiger partial charge in [0.05, 0.1) is 6.61 Å². The van der Waals surface area contributed by atoms with Crippen molar-refractivity contribution in [3.63, 3.8) is 0 Å². The number of aliphatic hydroxyl groups excluding tert-OH is 1. The van der Waals surface area contributed by atoms with Crippen molar-refractivity contribution in [2.45, 2.75) is 51.5 Å². The van der Waals surface area contributed by atoms with Gasteiger partial charge < -0.3 is 14.6 Å². The molecular weight excluding hydrogens is 292 g/mol. The summed E-state index contributed by atoms with van der Waals surface area (Å²) >= 11 is 0. The van der Waals surface area contributed by atoms with Gasteiger partial charge in [0.1, 0.15) is 18.4 Å². The van der Waals surface area contributed by atoms with E-state index >= 15 is 0 Å². The number of esters is 1. The third-order valence-corrected chi connectivity index (χ3v) is 3.55. The maximum atomic E-state index is 11.9. The van der Waals surface area contributed by atoms with E-state index in [1.54, 1.807) is 6.92 Å². The molecule has 3 atom stereocenters. The fourth-order valence-electron chi connectivity index (χ4n) is 2.39. The van der Waals surface area contributed by atoms with E-state index in [9.17, 15) is 19.5 Å². The van der Waals surface area contributed by atoms with Crippen molar-refractivity contribution in [1.29, 1.82) is 0 Å². The fraction of sp³-hybridized carbons (Fsp3) is 0.643. The number of nitrogens with one attached hydrogen (secondary N) is 1. The molecule has 0 aromatic carbocycles. The highest BCUT2D eigenvalue weighted by Gasteiger charge is 2.38. The number of aromatic amines is 1. The van der Waals surface area contributed by atoms with Gasteiger partial charge in [-0.15, -0.1) is 0 Å². The molecule has 1 aromatic heterocycles. The van der Waals surface area contributed by atoms with Crippen molar-refractivity contribution in [2.75, 3.05) is 6.61 Å². The second kappa shape index (κ2) is 6.89. The smallest absolute Gasteiger partial charge is 0.330 e. The molecule has 0 radical (unpaired) electrons. The van der Waals surface area contributed by atoms with E-state index in [1.165, 1.54) is 10.8 Å². The topological polar surface area (TPSA) is 111 Å². The molecular formula is C14H20N2O6. The third-order valence-electron chi connectivity index (χ3n) is 3.55. The van der Waals surface area contributed by atoms with Gasteiger partial charge in [-0.3, -0.25) is 19.1 Å². The Labute approximate surface area is 126 Å². The number of aryl methyl sites for hydroxylation is 1. The van der Waals surface area contributed by atoms with E-state index in [-0.39, 0.29) is 25.4 Å². The Hall–Kier alpha value is -1.93. The predicted molar refractivity (Wildman–Crippen MR) is 76.5 cm³/mol. The molecule has 8 nitrogen and oxygen atoms in total. The van der Waals surface area contributed by atoms with Gasteiger partial charge in [-0.2, -0.15) is 0 Å². The summed E-state index contributed by atoms with van der Waals surface area (Å²) in [5.41, 5.74) is -0.683. The SMILES string of the molecule is CCCC(=O)O[C@H]1C[C@@H](n2cc(C)c(=O)[nH]c2=O)O[C@@H]1CO. The minimum Gasteiger partial charge on any atom is -0.459 e. The number of carbonyl (C=O) groups is 1. The Bertz CT molecular complexity index is 649. The number of aliphatic hydroxyl groups is 1. The first kappa shape index (κ1) is 16.4. The van der Waals surface area contributed by atoms with Crippen LogP contribution >= 0.6 is 0 Å². The van der Waals surface area contributed by atoms with Gasteiger partial charge in [-0.25, -0.2) is 4.79 Å². The van der Waals surface area contributed by atoms with Crippen LogP contribution in [0.3, 0.4) is 0 Å². The van der Waals surface area contributed by atoms with Crippen LogP contribution in [0.5, 0.6) is 0 Å². The van der Waals surface area contributed by atoms with Gasteiger partial charge in [0, 0.05) is 24.6 Å². The third kappa shape index (κ3) is 3.45. The Morgan fingerprint density at radius 2 is 2.27 bits per heavy atom. The number of hydrogen-bond donors (Lipinski definition) is 2. The van der Waals surface area contributed by atoms with E-state index in [1.807, 2.05) is 6.92 Å². The van der Waals surface area contributed by atoms with Crippen LogP contribution in [0.1, 0.15) is 38.0 Å². The van der Waals surface area contributed by atoms with Crippen LogP contribution in [-0.2, 0) is 14.3 Å². The summed E-state index contributed by atoms with van der Waals surface area (Å²) in [5.74, 6) is -0.361. The van der Waals surface area contributed by atoms with Crippen molar-refractivity contribution in [2.24, 2.45) is 0 Å². The maximum absolute atomic E-state index is 11.9. The average molecular weight is 312 g/mol. The molecule has 0 unspecified atom stereocenters. The number of carbonyl (C=O) groups excluding carboxylic acids is 1. The van der Waals surface area contributed by atoms with Gasteiger partial charge in [0.2, 0.25) is 0 Å². The highest BCUT2D eigenvalue weighted by atomic mass is 16.6. The largest absolute Gasteiger partial charge is 0.459 e. The summed E-state index contributed by atoms with van der Waals surface area (Å²) in [6.45, 7) is 3.12. The van der Waals surface area contributed by atoms with Crippen LogP contribution in [-0.4, -0.2) is 39.4 Å². The number of hydrogen-bond acceptors (Lipinski definition) is 6. The molecule has 0 bridgehead atoms. The zero-order valence-electron chi connectivity index (χ0n) is 12.6. The molecule has 122 valence electrons. The molecule has 1 fully saturated rings. The molecule has 2 N–H and O–H groups in total. The highest BCUT2D eigenvalue weighted by Crippen LogP contribution is 2.30. The number of H-pyrrole nitrogens is 1. The Balaban J connectivity index is 2.18. The summed E-state index contributed by atoms with van der Waals surface area (Å²) in [5, 5.41) is 9.35. The number of aromatic nitrogens is 2. The molecule has 1 saturated heterocycles. The lowest BCUT2D eigenvalue weighted by molar-refractivity contribution is -0.153. The first-order valence-electron chi connectivity index (χ1n) is 7.24. The molecule has 8 heteroatoms. The van der Waals surface area contributed by atoms with Gasteiger partial charge in [0.15, 0.2) is 0 Å². The van der Waals surface area contributed by atoms with Crippen LogP contribution in [0.25, 0.3) is 0 Å². The molecule has 1 aliphatic heterocycles. The molecule has 1 aliphatic rings. The quantitative estimate of drug-likeness (QED) is 0.731. The number of ether oxygens (including phenoxy) is 2. The Kier molecular flexibility index (Phi) is 5.15. The van der Waals surface area contributed by atoms with Crippen molar-refractivity contribution in [3.8, 4) is 0 Å². The van der Waals surface area contributed by atoms with Crippen LogP contribution in [0, 0.1) is 6.92 Å².